The number of halogens is 1. The molecular weight excluding hydrogens is 145 g/mol. The molecule has 1 atom stereocenters. The summed E-state index contributed by atoms with van der Waals surface area (Å²) >= 11 is 0. The number of hydrogen-bond donors (Lipinski definition) is 2. The third-order valence-corrected chi connectivity index (χ3v) is 2.18. The standard InChI is InChI=1S/C8H16FNO/c9-5-8(11)6-10-7-3-1-2-4-7/h7-8,10-11H,1-6H2. The maximum absolute atomic E-state index is 11.8. The van der Waals surface area contributed by atoms with E-state index in [2.05, 4.69) is 5.32 Å². The lowest BCUT2D eigenvalue weighted by Crippen LogP contribution is -2.34. The minimum absolute atomic E-state index is 0.404. The summed E-state index contributed by atoms with van der Waals surface area (Å²) in [6, 6.07) is 0.524. The minimum Gasteiger partial charge on any atom is -0.389 e. The second kappa shape index (κ2) is 4.67. The predicted molar refractivity (Wildman–Crippen MR) is 42.2 cm³/mol. The van der Waals surface area contributed by atoms with Gasteiger partial charge >= 0.3 is 0 Å². The third kappa shape index (κ3) is 3.16. The van der Waals surface area contributed by atoms with Crippen molar-refractivity contribution in [2.24, 2.45) is 0 Å². The summed E-state index contributed by atoms with van der Waals surface area (Å²) in [5.41, 5.74) is 0. The van der Waals surface area contributed by atoms with Gasteiger partial charge in [-0.05, 0) is 12.8 Å². The number of alkyl halides is 1. The van der Waals surface area contributed by atoms with Crippen molar-refractivity contribution < 1.29 is 9.50 Å². The average Bonchev–Trinajstić information content (AvgIpc) is 2.52. The van der Waals surface area contributed by atoms with Crippen molar-refractivity contribution in [1.29, 1.82) is 0 Å². The lowest BCUT2D eigenvalue weighted by molar-refractivity contribution is 0.134. The Bertz CT molecular complexity index is 104. The molecule has 1 unspecified atom stereocenters. The molecule has 11 heavy (non-hydrogen) atoms. The van der Waals surface area contributed by atoms with Gasteiger partial charge in [-0.15, -0.1) is 0 Å². The van der Waals surface area contributed by atoms with Gasteiger partial charge in [0.2, 0.25) is 0 Å². The van der Waals surface area contributed by atoms with E-state index in [-0.39, 0.29) is 0 Å². The van der Waals surface area contributed by atoms with Crippen molar-refractivity contribution in [2.75, 3.05) is 13.2 Å². The van der Waals surface area contributed by atoms with Gasteiger partial charge in [0.1, 0.15) is 6.67 Å². The van der Waals surface area contributed by atoms with Crippen LogP contribution in [0.25, 0.3) is 0 Å². The summed E-state index contributed by atoms with van der Waals surface area (Å²) in [6.07, 6.45) is 4.08. The van der Waals surface area contributed by atoms with Crippen LogP contribution in [-0.4, -0.2) is 30.5 Å². The molecule has 0 aromatic rings. The molecule has 66 valence electrons. The first-order valence-electron chi connectivity index (χ1n) is 4.30. The highest BCUT2D eigenvalue weighted by Crippen LogP contribution is 2.17. The molecule has 2 nitrogen and oxygen atoms in total. The molecule has 3 heteroatoms. The molecule has 0 radical (unpaired) electrons. The molecular formula is C8H16FNO. The van der Waals surface area contributed by atoms with Gasteiger partial charge in [-0.25, -0.2) is 4.39 Å². The Balaban J connectivity index is 2.01. The summed E-state index contributed by atoms with van der Waals surface area (Å²) in [5, 5.41) is 12.0. The van der Waals surface area contributed by atoms with E-state index in [0.717, 1.165) is 0 Å². The topological polar surface area (TPSA) is 32.3 Å². The van der Waals surface area contributed by atoms with Gasteiger partial charge in [-0.3, -0.25) is 0 Å². The summed E-state index contributed by atoms with van der Waals surface area (Å²) in [5.74, 6) is 0. The largest absolute Gasteiger partial charge is 0.389 e. The summed E-state index contributed by atoms with van der Waals surface area (Å²) in [4.78, 5) is 0. The van der Waals surface area contributed by atoms with Crippen LogP contribution in [0.4, 0.5) is 4.39 Å². The number of rotatable bonds is 4. The molecule has 1 saturated carbocycles. The fourth-order valence-electron chi connectivity index (χ4n) is 1.49. The molecule has 0 bridgehead atoms. The van der Waals surface area contributed by atoms with Crippen LogP contribution < -0.4 is 5.32 Å². The molecule has 1 fully saturated rings. The van der Waals surface area contributed by atoms with E-state index in [0.29, 0.717) is 12.6 Å². The molecule has 0 aliphatic heterocycles. The molecule has 0 amide bonds. The number of hydrogen-bond acceptors (Lipinski definition) is 2. The molecule has 1 aliphatic carbocycles. The fraction of sp³-hybridized carbons (Fsp3) is 1.00. The number of aliphatic hydroxyl groups excluding tert-OH is 1. The van der Waals surface area contributed by atoms with E-state index in [1.54, 1.807) is 0 Å². The Kier molecular flexibility index (Phi) is 3.80. The van der Waals surface area contributed by atoms with Crippen LogP contribution in [0.5, 0.6) is 0 Å². The van der Waals surface area contributed by atoms with Crippen LogP contribution in [0, 0.1) is 0 Å². The van der Waals surface area contributed by atoms with Crippen molar-refractivity contribution in [3.63, 3.8) is 0 Å². The lowest BCUT2D eigenvalue weighted by Gasteiger charge is -2.13. The first-order valence-corrected chi connectivity index (χ1v) is 4.30. The van der Waals surface area contributed by atoms with E-state index >= 15 is 0 Å². The van der Waals surface area contributed by atoms with Crippen LogP contribution in [0.1, 0.15) is 25.7 Å². The van der Waals surface area contributed by atoms with Crippen molar-refractivity contribution in [3.8, 4) is 0 Å². The zero-order valence-electron chi connectivity index (χ0n) is 6.72. The first kappa shape index (κ1) is 8.94. The van der Waals surface area contributed by atoms with Gasteiger partial charge in [0, 0.05) is 12.6 Å². The first-order chi connectivity index (χ1) is 5.33. The maximum atomic E-state index is 11.8. The second-order valence-corrected chi connectivity index (χ2v) is 3.20. The van der Waals surface area contributed by atoms with Crippen LogP contribution in [0.15, 0.2) is 0 Å². The van der Waals surface area contributed by atoms with Crippen molar-refractivity contribution in [1.82, 2.24) is 5.32 Å². The Morgan fingerprint density at radius 1 is 1.45 bits per heavy atom. The van der Waals surface area contributed by atoms with Crippen molar-refractivity contribution >= 4 is 0 Å². The number of nitrogens with one attached hydrogen (secondary N) is 1. The summed E-state index contributed by atoms with van der Waals surface area (Å²) in [7, 11) is 0. The highest BCUT2D eigenvalue weighted by Gasteiger charge is 2.15. The predicted octanol–water partition coefficient (Wildman–Crippen LogP) is 0.849. The molecule has 1 rings (SSSR count). The fourth-order valence-corrected chi connectivity index (χ4v) is 1.49. The van der Waals surface area contributed by atoms with Gasteiger partial charge in [0.05, 0.1) is 6.10 Å². The minimum atomic E-state index is -0.810. The SMILES string of the molecule is OC(CF)CNC1CCCC1. The van der Waals surface area contributed by atoms with Crippen LogP contribution in [0.3, 0.4) is 0 Å². The van der Waals surface area contributed by atoms with Crippen LogP contribution in [-0.2, 0) is 0 Å². The molecule has 0 heterocycles. The Labute approximate surface area is 66.8 Å². The molecule has 2 N–H and O–H groups in total. The van der Waals surface area contributed by atoms with Gasteiger partial charge in [0.15, 0.2) is 0 Å². The van der Waals surface area contributed by atoms with E-state index in [4.69, 9.17) is 5.11 Å². The monoisotopic (exact) mass is 161 g/mol. The second-order valence-electron chi connectivity index (χ2n) is 3.20. The average molecular weight is 161 g/mol. The van der Waals surface area contributed by atoms with E-state index < -0.39 is 12.8 Å². The Morgan fingerprint density at radius 3 is 2.64 bits per heavy atom. The Hall–Kier alpha value is -0.150. The van der Waals surface area contributed by atoms with Gasteiger partial charge < -0.3 is 10.4 Å². The molecule has 1 aliphatic rings. The van der Waals surface area contributed by atoms with Gasteiger partial charge in [-0.1, -0.05) is 12.8 Å². The zero-order chi connectivity index (χ0) is 8.10. The number of aliphatic hydroxyl groups is 1. The van der Waals surface area contributed by atoms with Gasteiger partial charge in [-0.2, -0.15) is 0 Å². The smallest absolute Gasteiger partial charge is 0.117 e. The maximum Gasteiger partial charge on any atom is 0.117 e. The van der Waals surface area contributed by atoms with E-state index in [1.807, 2.05) is 0 Å². The summed E-state index contributed by atoms with van der Waals surface area (Å²) in [6.45, 7) is -0.235. The van der Waals surface area contributed by atoms with E-state index in [1.165, 1.54) is 25.7 Å². The highest BCUT2D eigenvalue weighted by molar-refractivity contribution is 4.74. The summed E-state index contributed by atoms with van der Waals surface area (Å²) < 4.78 is 11.8. The van der Waals surface area contributed by atoms with Crippen LogP contribution >= 0.6 is 0 Å². The molecule has 0 aromatic carbocycles. The quantitative estimate of drug-likeness (QED) is 0.640. The van der Waals surface area contributed by atoms with E-state index in [9.17, 15) is 4.39 Å². The van der Waals surface area contributed by atoms with Crippen LogP contribution in [0.2, 0.25) is 0 Å². The van der Waals surface area contributed by atoms with Crippen molar-refractivity contribution in [3.05, 3.63) is 0 Å². The zero-order valence-corrected chi connectivity index (χ0v) is 6.72. The molecule has 0 aromatic heterocycles. The normalized spacial score (nSPS) is 22.4. The molecule has 0 spiro atoms. The third-order valence-electron chi connectivity index (χ3n) is 2.18. The van der Waals surface area contributed by atoms with Gasteiger partial charge in [0.25, 0.3) is 0 Å². The highest BCUT2D eigenvalue weighted by atomic mass is 19.1. The molecule has 0 saturated heterocycles. The Morgan fingerprint density at radius 2 is 2.09 bits per heavy atom. The van der Waals surface area contributed by atoms with Crippen molar-refractivity contribution in [2.45, 2.75) is 37.8 Å². The lowest BCUT2D eigenvalue weighted by atomic mass is 10.2.